The number of ether oxygens (including phenoxy) is 1. The Hall–Kier alpha value is -0.580. The minimum atomic E-state index is -0.491. The summed E-state index contributed by atoms with van der Waals surface area (Å²) >= 11 is 3.46. The first-order chi connectivity index (χ1) is 7.56. The highest BCUT2D eigenvalue weighted by Crippen LogP contribution is 2.30. The van der Waals surface area contributed by atoms with Gasteiger partial charge in [-0.15, -0.1) is 0 Å². The highest BCUT2D eigenvalue weighted by Gasteiger charge is 2.14. The summed E-state index contributed by atoms with van der Waals surface area (Å²) in [6.07, 6.45) is -0.719. The van der Waals surface area contributed by atoms with E-state index in [9.17, 15) is 5.11 Å². The normalized spacial score (nSPS) is 14.6. The second-order valence-electron chi connectivity index (χ2n) is 3.82. The van der Waals surface area contributed by atoms with E-state index in [0.29, 0.717) is 0 Å². The average Bonchev–Trinajstić information content (AvgIpc) is 2.23. The molecule has 0 saturated carbocycles. The number of aliphatic hydroxyl groups excluding tert-OH is 1. The van der Waals surface area contributed by atoms with Crippen LogP contribution in [0.1, 0.15) is 19.4 Å². The van der Waals surface area contributed by atoms with Crippen molar-refractivity contribution in [2.75, 3.05) is 7.05 Å². The minimum absolute atomic E-state index is 0.227. The fourth-order valence-corrected chi connectivity index (χ4v) is 1.80. The Morgan fingerprint density at radius 1 is 1.44 bits per heavy atom. The Balaban J connectivity index is 2.91. The van der Waals surface area contributed by atoms with Gasteiger partial charge in [0.15, 0.2) is 0 Å². The summed E-state index contributed by atoms with van der Waals surface area (Å²) < 4.78 is 6.66. The first-order valence-corrected chi connectivity index (χ1v) is 6.12. The molecule has 2 N–H and O–H groups in total. The summed E-state index contributed by atoms with van der Waals surface area (Å²) in [5.74, 6) is 0.797. The van der Waals surface area contributed by atoms with Gasteiger partial charge in [-0.05, 0) is 42.9 Å². The SMILES string of the molecule is CNCc1cccc(Br)c1OC(C)C(C)O. The van der Waals surface area contributed by atoms with Gasteiger partial charge < -0.3 is 15.2 Å². The molecule has 0 spiro atoms. The van der Waals surface area contributed by atoms with Gasteiger partial charge >= 0.3 is 0 Å². The Morgan fingerprint density at radius 3 is 2.69 bits per heavy atom. The summed E-state index contributed by atoms with van der Waals surface area (Å²) in [5, 5.41) is 12.5. The van der Waals surface area contributed by atoms with Crippen molar-refractivity contribution in [2.24, 2.45) is 0 Å². The minimum Gasteiger partial charge on any atom is -0.487 e. The van der Waals surface area contributed by atoms with E-state index in [4.69, 9.17) is 4.74 Å². The van der Waals surface area contributed by atoms with E-state index < -0.39 is 6.10 Å². The topological polar surface area (TPSA) is 41.5 Å². The molecule has 0 radical (unpaired) electrons. The molecule has 2 unspecified atom stereocenters. The molecule has 0 heterocycles. The van der Waals surface area contributed by atoms with Crippen LogP contribution in [0.2, 0.25) is 0 Å². The monoisotopic (exact) mass is 287 g/mol. The number of halogens is 1. The van der Waals surface area contributed by atoms with Crippen LogP contribution in [-0.2, 0) is 6.54 Å². The molecule has 0 aliphatic rings. The Labute approximate surface area is 105 Å². The van der Waals surface area contributed by atoms with Gasteiger partial charge in [0.1, 0.15) is 11.9 Å². The summed E-state index contributed by atoms with van der Waals surface area (Å²) in [7, 11) is 1.89. The van der Waals surface area contributed by atoms with Crippen molar-refractivity contribution in [1.29, 1.82) is 0 Å². The van der Waals surface area contributed by atoms with Crippen LogP contribution < -0.4 is 10.1 Å². The predicted molar refractivity (Wildman–Crippen MR) is 68.7 cm³/mol. The van der Waals surface area contributed by atoms with Crippen LogP contribution >= 0.6 is 15.9 Å². The number of nitrogens with one attached hydrogen (secondary N) is 1. The maximum absolute atomic E-state index is 9.44. The molecule has 0 bridgehead atoms. The van der Waals surface area contributed by atoms with E-state index in [1.165, 1.54) is 0 Å². The molecule has 0 fully saturated rings. The number of hydrogen-bond donors (Lipinski definition) is 2. The second-order valence-corrected chi connectivity index (χ2v) is 4.68. The van der Waals surface area contributed by atoms with Crippen LogP contribution in [0.3, 0.4) is 0 Å². The Kier molecular flexibility index (Phi) is 5.25. The van der Waals surface area contributed by atoms with Crippen LogP contribution in [-0.4, -0.2) is 24.4 Å². The van der Waals surface area contributed by atoms with E-state index in [1.807, 2.05) is 32.2 Å². The van der Waals surface area contributed by atoms with Crippen molar-refractivity contribution < 1.29 is 9.84 Å². The van der Waals surface area contributed by atoms with E-state index in [2.05, 4.69) is 21.2 Å². The maximum atomic E-state index is 9.44. The quantitative estimate of drug-likeness (QED) is 0.873. The number of hydrogen-bond acceptors (Lipinski definition) is 3. The van der Waals surface area contributed by atoms with E-state index in [1.54, 1.807) is 6.92 Å². The van der Waals surface area contributed by atoms with E-state index in [0.717, 1.165) is 22.3 Å². The van der Waals surface area contributed by atoms with Gasteiger partial charge in [-0.25, -0.2) is 0 Å². The van der Waals surface area contributed by atoms with Crippen molar-refractivity contribution in [2.45, 2.75) is 32.6 Å². The summed E-state index contributed by atoms with van der Waals surface area (Å²) in [5.41, 5.74) is 1.07. The number of benzene rings is 1. The lowest BCUT2D eigenvalue weighted by atomic mass is 10.2. The van der Waals surface area contributed by atoms with Gasteiger partial charge in [0.2, 0.25) is 0 Å². The third kappa shape index (κ3) is 3.47. The Morgan fingerprint density at radius 2 is 2.12 bits per heavy atom. The summed E-state index contributed by atoms with van der Waals surface area (Å²) in [6.45, 7) is 4.31. The average molecular weight is 288 g/mol. The van der Waals surface area contributed by atoms with Crippen LogP contribution in [0, 0.1) is 0 Å². The lowest BCUT2D eigenvalue weighted by Crippen LogP contribution is -2.26. The second kappa shape index (κ2) is 6.23. The molecule has 1 aromatic rings. The van der Waals surface area contributed by atoms with Crippen molar-refractivity contribution >= 4 is 15.9 Å². The standard InChI is InChI=1S/C12H18BrNO2/c1-8(15)9(2)16-12-10(7-14-3)5-4-6-11(12)13/h4-6,8-9,14-15H,7H2,1-3H3. The fourth-order valence-electron chi connectivity index (χ4n) is 1.30. The van der Waals surface area contributed by atoms with Gasteiger partial charge in [0, 0.05) is 12.1 Å². The summed E-state index contributed by atoms with van der Waals surface area (Å²) in [6, 6.07) is 5.91. The zero-order valence-electron chi connectivity index (χ0n) is 9.83. The Bertz CT molecular complexity index is 342. The molecule has 0 aliphatic carbocycles. The molecule has 0 amide bonds. The van der Waals surface area contributed by atoms with Gasteiger partial charge in [-0.2, -0.15) is 0 Å². The van der Waals surface area contributed by atoms with Gasteiger partial charge in [0.25, 0.3) is 0 Å². The number of para-hydroxylation sites is 1. The number of rotatable bonds is 5. The van der Waals surface area contributed by atoms with E-state index in [-0.39, 0.29) is 6.10 Å². The van der Waals surface area contributed by atoms with Crippen molar-refractivity contribution in [1.82, 2.24) is 5.32 Å². The fraction of sp³-hybridized carbons (Fsp3) is 0.500. The molecule has 3 nitrogen and oxygen atoms in total. The van der Waals surface area contributed by atoms with Crippen LogP contribution in [0.4, 0.5) is 0 Å². The van der Waals surface area contributed by atoms with Crippen molar-refractivity contribution in [3.05, 3.63) is 28.2 Å². The largest absolute Gasteiger partial charge is 0.487 e. The molecule has 0 saturated heterocycles. The molecule has 1 aromatic carbocycles. The molecule has 1 rings (SSSR count). The molecule has 0 aliphatic heterocycles. The van der Waals surface area contributed by atoms with Gasteiger partial charge in [-0.3, -0.25) is 0 Å². The van der Waals surface area contributed by atoms with Crippen molar-refractivity contribution in [3.8, 4) is 5.75 Å². The molecule has 90 valence electrons. The van der Waals surface area contributed by atoms with Crippen LogP contribution in [0.15, 0.2) is 22.7 Å². The molecular weight excluding hydrogens is 270 g/mol. The third-order valence-electron chi connectivity index (χ3n) is 2.40. The van der Waals surface area contributed by atoms with Gasteiger partial charge in [-0.1, -0.05) is 12.1 Å². The molecule has 0 aromatic heterocycles. The first-order valence-electron chi connectivity index (χ1n) is 5.33. The maximum Gasteiger partial charge on any atom is 0.138 e. The third-order valence-corrected chi connectivity index (χ3v) is 3.02. The number of aliphatic hydroxyl groups is 1. The lowest BCUT2D eigenvalue weighted by molar-refractivity contribution is 0.0593. The smallest absolute Gasteiger partial charge is 0.138 e. The van der Waals surface area contributed by atoms with Crippen molar-refractivity contribution in [3.63, 3.8) is 0 Å². The molecule has 2 atom stereocenters. The predicted octanol–water partition coefficient (Wildman–Crippen LogP) is 2.32. The highest BCUT2D eigenvalue weighted by molar-refractivity contribution is 9.10. The van der Waals surface area contributed by atoms with Crippen LogP contribution in [0.5, 0.6) is 5.75 Å². The first kappa shape index (κ1) is 13.5. The highest BCUT2D eigenvalue weighted by atomic mass is 79.9. The molecule has 4 heteroatoms. The lowest BCUT2D eigenvalue weighted by Gasteiger charge is -2.20. The van der Waals surface area contributed by atoms with Crippen LogP contribution in [0.25, 0.3) is 0 Å². The molecular formula is C12H18BrNO2. The zero-order chi connectivity index (χ0) is 12.1. The van der Waals surface area contributed by atoms with Gasteiger partial charge in [0.05, 0.1) is 10.6 Å². The molecule has 16 heavy (non-hydrogen) atoms. The summed E-state index contributed by atoms with van der Waals surface area (Å²) in [4.78, 5) is 0. The van der Waals surface area contributed by atoms with E-state index >= 15 is 0 Å². The zero-order valence-corrected chi connectivity index (χ0v) is 11.4.